The third-order valence-corrected chi connectivity index (χ3v) is 4.89. The van der Waals surface area contributed by atoms with Gasteiger partial charge in [-0.2, -0.15) is 5.10 Å². The molecule has 4 rings (SSSR count). The first kappa shape index (κ1) is 18.8. The van der Waals surface area contributed by atoms with Crippen molar-refractivity contribution in [1.82, 2.24) is 25.0 Å². The Hall–Kier alpha value is -2.02. The standard InChI is InChI=1S/C19H22FN5.ClH/c1-13-17-8-14(10-22-19(17)24(2)23-13)12-25-7-6-21-11-18(25)15-4-3-5-16(20)9-15;/h3-5,8-10,18,21H,6-7,11-12H2,1-2H3;1H. The molecule has 7 heteroatoms. The Morgan fingerprint density at radius 2 is 2.15 bits per heavy atom. The molecule has 1 N–H and O–H groups in total. The number of nitrogens with zero attached hydrogens (tertiary/aromatic N) is 4. The van der Waals surface area contributed by atoms with Crippen molar-refractivity contribution in [2.45, 2.75) is 19.5 Å². The number of piperazine rings is 1. The Labute approximate surface area is 158 Å². The van der Waals surface area contributed by atoms with E-state index in [0.717, 1.165) is 54.0 Å². The molecule has 138 valence electrons. The summed E-state index contributed by atoms with van der Waals surface area (Å²) in [5.41, 5.74) is 4.07. The number of hydrogen-bond donors (Lipinski definition) is 1. The molecule has 1 aliphatic rings. The molecule has 0 bridgehead atoms. The van der Waals surface area contributed by atoms with E-state index in [-0.39, 0.29) is 24.3 Å². The van der Waals surface area contributed by atoms with Gasteiger partial charge >= 0.3 is 0 Å². The second-order valence-corrected chi connectivity index (χ2v) is 6.67. The molecule has 0 saturated carbocycles. The van der Waals surface area contributed by atoms with Crippen LogP contribution in [0.2, 0.25) is 0 Å². The maximum absolute atomic E-state index is 13.6. The minimum atomic E-state index is -0.183. The summed E-state index contributed by atoms with van der Waals surface area (Å²) in [6.07, 6.45) is 1.92. The summed E-state index contributed by atoms with van der Waals surface area (Å²) < 4.78 is 15.5. The van der Waals surface area contributed by atoms with Crippen molar-refractivity contribution in [1.29, 1.82) is 0 Å². The predicted octanol–water partition coefficient (Wildman–Crippen LogP) is 2.98. The number of halogens is 2. The molecule has 1 atom stereocenters. The summed E-state index contributed by atoms with van der Waals surface area (Å²) in [5.74, 6) is -0.183. The molecule has 0 radical (unpaired) electrons. The number of aryl methyl sites for hydroxylation is 2. The van der Waals surface area contributed by atoms with Crippen molar-refractivity contribution in [3.8, 4) is 0 Å². The van der Waals surface area contributed by atoms with E-state index in [1.54, 1.807) is 12.1 Å². The fraction of sp³-hybridized carbons (Fsp3) is 0.368. The Morgan fingerprint density at radius 1 is 1.31 bits per heavy atom. The summed E-state index contributed by atoms with van der Waals surface area (Å²) in [4.78, 5) is 6.97. The lowest BCUT2D eigenvalue weighted by Gasteiger charge is -2.36. The minimum absolute atomic E-state index is 0. The number of aromatic nitrogens is 3. The van der Waals surface area contributed by atoms with Gasteiger partial charge in [0.1, 0.15) is 5.82 Å². The van der Waals surface area contributed by atoms with E-state index < -0.39 is 0 Å². The first-order valence-corrected chi connectivity index (χ1v) is 8.60. The Morgan fingerprint density at radius 3 is 2.96 bits per heavy atom. The number of nitrogens with one attached hydrogen (secondary N) is 1. The molecule has 1 unspecified atom stereocenters. The summed E-state index contributed by atoms with van der Waals surface area (Å²) >= 11 is 0. The molecule has 3 aromatic rings. The summed E-state index contributed by atoms with van der Waals surface area (Å²) in [5, 5.41) is 8.95. The highest BCUT2D eigenvalue weighted by Gasteiger charge is 2.24. The van der Waals surface area contributed by atoms with Crippen LogP contribution in [0.3, 0.4) is 0 Å². The molecule has 3 heterocycles. The highest BCUT2D eigenvalue weighted by molar-refractivity contribution is 5.85. The molecule has 0 aliphatic carbocycles. The van der Waals surface area contributed by atoms with E-state index in [1.165, 1.54) is 6.07 Å². The van der Waals surface area contributed by atoms with Crippen LogP contribution in [0.5, 0.6) is 0 Å². The lowest BCUT2D eigenvalue weighted by atomic mass is 10.0. The van der Waals surface area contributed by atoms with Crippen molar-refractivity contribution < 1.29 is 4.39 Å². The lowest BCUT2D eigenvalue weighted by molar-refractivity contribution is 0.153. The van der Waals surface area contributed by atoms with Gasteiger partial charge in [-0.3, -0.25) is 9.58 Å². The van der Waals surface area contributed by atoms with Gasteiger partial charge in [-0.1, -0.05) is 12.1 Å². The fourth-order valence-corrected chi connectivity index (χ4v) is 3.65. The van der Waals surface area contributed by atoms with E-state index in [9.17, 15) is 4.39 Å². The van der Waals surface area contributed by atoms with E-state index in [1.807, 2.05) is 30.9 Å². The summed E-state index contributed by atoms with van der Waals surface area (Å²) in [6.45, 7) is 5.48. The van der Waals surface area contributed by atoms with Gasteiger partial charge in [0.05, 0.1) is 5.69 Å². The second kappa shape index (κ2) is 7.70. The van der Waals surface area contributed by atoms with Crippen LogP contribution in [0.15, 0.2) is 36.5 Å². The third kappa shape index (κ3) is 3.58. The van der Waals surface area contributed by atoms with Crippen LogP contribution in [0.25, 0.3) is 11.0 Å². The van der Waals surface area contributed by atoms with Gasteiger partial charge in [0.25, 0.3) is 0 Å². The van der Waals surface area contributed by atoms with E-state index in [4.69, 9.17) is 0 Å². The van der Waals surface area contributed by atoms with Crippen molar-refractivity contribution in [2.75, 3.05) is 19.6 Å². The molecule has 5 nitrogen and oxygen atoms in total. The van der Waals surface area contributed by atoms with Crippen LogP contribution >= 0.6 is 12.4 Å². The molecular weight excluding hydrogens is 353 g/mol. The molecule has 1 fully saturated rings. The smallest absolute Gasteiger partial charge is 0.157 e. The zero-order valence-electron chi connectivity index (χ0n) is 14.9. The molecule has 2 aromatic heterocycles. The normalized spacial score (nSPS) is 18.0. The molecule has 26 heavy (non-hydrogen) atoms. The zero-order valence-corrected chi connectivity index (χ0v) is 15.8. The van der Waals surface area contributed by atoms with E-state index in [2.05, 4.69) is 26.4 Å². The van der Waals surface area contributed by atoms with Crippen molar-refractivity contribution in [3.63, 3.8) is 0 Å². The number of fused-ring (bicyclic) bond motifs is 1. The van der Waals surface area contributed by atoms with Crippen LogP contribution in [0.1, 0.15) is 22.9 Å². The van der Waals surface area contributed by atoms with Crippen molar-refractivity contribution >= 4 is 23.4 Å². The zero-order chi connectivity index (χ0) is 17.4. The van der Waals surface area contributed by atoms with Crippen LogP contribution in [-0.4, -0.2) is 39.3 Å². The van der Waals surface area contributed by atoms with Crippen molar-refractivity contribution in [2.24, 2.45) is 7.05 Å². The molecule has 0 spiro atoms. The maximum atomic E-state index is 13.6. The van der Waals surface area contributed by atoms with Gasteiger partial charge in [-0.25, -0.2) is 9.37 Å². The maximum Gasteiger partial charge on any atom is 0.157 e. The van der Waals surface area contributed by atoms with Crippen molar-refractivity contribution in [3.05, 3.63) is 59.2 Å². The molecule has 1 saturated heterocycles. The quantitative estimate of drug-likeness (QED) is 0.764. The number of benzene rings is 1. The lowest BCUT2D eigenvalue weighted by Crippen LogP contribution is -2.45. The molecule has 1 aliphatic heterocycles. The summed E-state index contributed by atoms with van der Waals surface area (Å²) in [7, 11) is 1.91. The van der Waals surface area contributed by atoms with Gasteiger partial charge in [0.15, 0.2) is 5.65 Å². The van der Waals surface area contributed by atoms with Crippen LogP contribution < -0.4 is 5.32 Å². The van der Waals surface area contributed by atoms with E-state index >= 15 is 0 Å². The Kier molecular flexibility index (Phi) is 5.55. The van der Waals surface area contributed by atoms with Gasteiger partial charge in [-0.15, -0.1) is 12.4 Å². The average molecular weight is 376 g/mol. The number of rotatable bonds is 3. The van der Waals surface area contributed by atoms with Crippen LogP contribution in [-0.2, 0) is 13.6 Å². The molecule has 0 amide bonds. The van der Waals surface area contributed by atoms with E-state index in [0.29, 0.717) is 0 Å². The average Bonchev–Trinajstić information content (AvgIpc) is 2.89. The SMILES string of the molecule is Cc1nn(C)c2ncc(CN3CCNCC3c3cccc(F)c3)cc12.Cl. The highest BCUT2D eigenvalue weighted by Crippen LogP contribution is 2.25. The second-order valence-electron chi connectivity index (χ2n) is 6.67. The Bertz CT molecular complexity index is 910. The van der Waals surface area contributed by atoms with Crippen LogP contribution in [0, 0.1) is 12.7 Å². The fourth-order valence-electron chi connectivity index (χ4n) is 3.65. The minimum Gasteiger partial charge on any atom is -0.314 e. The Balaban J connectivity index is 0.00000196. The predicted molar refractivity (Wildman–Crippen MR) is 103 cm³/mol. The topological polar surface area (TPSA) is 46.0 Å². The highest BCUT2D eigenvalue weighted by atomic mass is 35.5. The van der Waals surface area contributed by atoms with Gasteiger partial charge in [0, 0.05) is 50.9 Å². The summed E-state index contributed by atoms with van der Waals surface area (Å²) in [6, 6.07) is 9.25. The number of hydrogen-bond acceptors (Lipinski definition) is 4. The van der Waals surface area contributed by atoms with Gasteiger partial charge in [-0.05, 0) is 36.2 Å². The molecular formula is C19H23ClFN5. The van der Waals surface area contributed by atoms with Crippen LogP contribution in [0.4, 0.5) is 4.39 Å². The third-order valence-electron chi connectivity index (χ3n) is 4.89. The van der Waals surface area contributed by atoms with Gasteiger partial charge < -0.3 is 5.32 Å². The first-order chi connectivity index (χ1) is 12.1. The largest absolute Gasteiger partial charge is 0.314 e. The first-order valence-electron chi connectivity index (χ1n) is 8.60. The molecule has 1 aromatic carbocycles. The number of pyridine rings is 1. The monoisotopic (exact) mass is 375 g/mol. The van der Waals surface area contributed by atoms with Gasteiger partial charge in [0.2, 0.25) is 0 Å².